The molecule has 8 nitrogen and oxygen atoms in total. The number of aromatic nitrogens is 2. The number of nitro groups is 1. The van der Waals surface area contributed by atoms with Gasteiger partial charge in [-0.3, -0.25) is 14.8 Å². The van der Waals surface area contributed by atoms with Gasteiger partial charge in [-0.25, -0.2) is 4.79 Å². The number of carbonyl (C=O) groups is 1. The average Bonchev–Trinajstić information content (AvgIpc) is 2.96. The van der Waals surface area contributed by atoms with E-state index in [2.05, 4.69) is 5.10 Å². The minimum Gasteiger partial charge on any atom is -0.475 e. The third-order valence-electron chi connectivity index (χ3n) is 2.72. The molecule has 0 unspecified atom stereocenters. The Kier molecular flexibility index (Phi) is 4.03. The van der Waals surface area contributed by atoms with Gasteiger partial charge >= 0.3 is 11.7 Å². The van der Waals surface area contributed by atoms with Crippen LogP contribution in [-0.4, -0.2) is 25.8 Å². The third-order valence-corrected chi connectivity index (χ3v) is 3.79. The Balaban J connectivity index is 2.43. The molecule has 0 spiro atoms. The van der Waals surface area contributed by atoms with Gasteiger partial charge in [0.2, 0.25) is 5.76 Å². The highest BCUT2D eigenvalue weighted by molar-refractivity contribution is 7.99. The Labute approximate surface area is 123 Å². The Morgan fingerprint density at radius 3 is 2.67 bits per heavy atom. The van der Waals surface area contributed by atoms with Crippen LogP contribution in [0.4, 0.5) is 5.69 Å². The molecule has 0 radical (unpaired) electrons. The van der Waals surface area contributed by atoms with Crippen LogP contribution in [0, 0.1) is 10.1 Å². The van der Waals surface area contributed by atoms with Gasteiger partial charge in [-0.15, -0.1) is 0 Å². The van der Waals surface area contributed by atoms with Crippen molar-refractivity contribution < 1.29 is 19.2 Å². The van der Waals surface area contributed by atoms with Crippen molar-refractivity contribution in [1.82, 2.24) is 9.78 Å². The van der Waals surface area contributed by atoms with Crippen molar-refractivity contribution in [3.8, 4) is 0 Å². The molecule has 0 aliphatic heterocycles. The van der Waals surface area contributed by atoms with Gasteiger partial charge < -0.3 is 9.52 Å². The minimum absolute atomic E-state index is 0.0780. The molecule has 0 amide bonds. The smallest absolute Gasteiger partial charge is 0.371 e. The van der Waals surface area contributed by atoms with Crippen LogP contribution in [0.2, 0.25) is 0 Å². The highest BCUT2D eigenvalue weighted by Crippen LogP contribution is 2.39. The maximum atomic E-state index is 11.3. The third kappa shape index (κ3) is 2.92. The monoisotopic (exact) mass is 311 g/mol. The first-order valence-electron chi connectivity index (χ1n) is 6.03. The lowest BCUT2D eigenvalue weighted by Crippen LogP contribution is -1.95. The van der Waals surface area contributed by atoms with Gasteiger partial charge in [0, 0.05) is 13.0 Å². The van der Waals surface area contributed by atoms with Crippen LogP contribution in [0.1, 0.15) is 36.0 Å². The van der Waals surface area contributed by atoms with Gasteiger partial charge in [0.15, 0.2) is 10.1 Å². The molecule has 2 heterocycles. The molecule has 9 heteroatoms. The van der Waals surface area contributed by atoms with Crippen LogP contribution >= 0.6 is 11.8 Å². The van der Waals surface area contributed by atoms with Gasteiger partial charge in [0.05, 0.1) is 4.92 Å². The summed E-state index contributed by atoms with van der Waals surface area (Å²) in [6, 6.07) is 2.76. The van der Waals surface area contributed by atoms with Gasteiger partial charge in [0.25, 0.3) is 0 Å². The summed E-state index contributed by atoms with van der Waals surface area (Å²) in [6.45, 7) is 3.64. The molecule has 0 aliphatic rings. The van der Waals surface area contributed by atoms with Crippen molar-refractivity contribution in [3.63, 3.8) is 0 Å². The lowest BCUT2D eigenvalue weighted by Gasteiger charge is -1.99. The topological polar surface area (TPSA) is 111 Å². The summed E-state index contributed by atoms with van der Waals surface area (Å²) in [4.78, 5) is 21.6. The number of hydrogen-bond donors (Lipinski definition) is 1. The molecule has 0 aromatic carbocycles. The summed E-state index contributed by atoms with van der Waals surface area (Å²) in [6.07, 6.45) is 0. The fourth-order valence-electron chi connectivity index (χ4n) is 1.78. The largest absolute Gasteiger partial charge is 0.475 e. The molecular formula is C12H13N3O5S. The SMILES string of the molecule is CC(C)c1nn(C)c(Sc2ccc(C(=O)O)o2)c1[N+](=O)[O-]. The number of rotatable bonds is 5. The first-order valence-corrected chi connectivity index (χ1v) is 6.85. The van der Waals surface area contributed by atoms with E-state index in [0.29, 0.717) is 10.7 Å². The van der Waals surface area contributed by atoms with Gasteiger partial charge in [-0.05, 0) is 23.9 Å². The molecule has 1 N–H and O–H groups in total. The standard InChI is InChI=1S/C12H13N3O5S/c1-6(2)9-10(15(18)19)11(14(3)13-9)21-8-5-4-7(20-8)12(16)17/h4-6H,1-3H3,(H,16,17). The quantitative estimate of drug-likeness (QED) is 0.667. The van der Waals surface area contributed by atoms with E-state index in [1.807, 2.05) is 13.8 Å². The van der Waals surface area contributed by atoms with E-state index in [4.69, 9.17) is 9.52 Å². The van der Waals surface area contributed by atoms with Crippen molar-refractivity contribution in [1.29, 1.82) is 0 Å². The van der Waals surface area contributed by atoms with E-state index < -0.39 is 10.9 Å². The average molecular weight is 311 g/mol. The second-order valence-electron chi connectivity index (χ2n) is 4.60. The minimum atomic E-state index is -1.19. The summed E-state index contributed by atoms with van der Waals surface area (Å²) in [5.74, 6) is -1.51. The molecule has 21 heavy (non-hydrogen) atoms. The molecule has 0 aliphatic carbocycles. The van der Waals surface area contributed by atoms with Crippen molar-refractivity contribution in [2.75, 3.05) is 0 Å². The van der Waals surface area contributed by atoms with E-state index in [9.17, 15) is 14.9 Å². The number of aromatic carboxylic acids is 1. The van der Waals surface area contributed by atoms with E-state index >= 15 is 0 Å². The Morgan fingerprint density at radius 1 is 1.52 bits per heavy atom. The zero-order valence-corrected chi connectivity index (χ0v) is 12.4. The Morgan fingerprint density at radius 2 is 2.19 bits per heavy atom. The maximum absolute atomic E-state index is 11.3. The van der Waals surface area contributed by atoms with Crippen molar-refractivity contribution in [3.05, 3.63) is 33.7 Å². The van der Waals surface area contributed by atoms with Gasteiger partial charge in [0.1, 0.15) is 5.69 Å². The number of carboxylic acids is 1. The van der Waals surface area contributed by atoms with E-state index in [1.54, 1.807) is 7.05 Å². The molecule has 2 aromatic rings. The summed E-state index contributed by atoms with van der Waals surface area (Å²) >= 11 is 0.974. The van der Waals surface area contributed by atoms with Crippen LogP contribution in [0.3, 0.4) is 0 Å². The van der Waals surface area contributed by atoms with Crippen LogP contribution < -0.4 is 0 Å². The van der Waals surface area contributed by atoms with Crippen LogP contribution in [0.5, 0.6) is 0 Å². The van der Waals surface area contributed by atoms with Crippen molar-refractivity contribution in [2.24, 2.45) is 7.05 Å². The number of furan rings is 1. The zero-order valence-electron chi connectivity index (χ0n) is 11.6. The summed E-state index contributed by atoms with van der Waals surface area (Å²) < 4.78 is 6.51. The lowest BCUT2D eigenvalue weighted by atomic mass is 10.1. The molecule has 2 aromatic heterocycles. The maximum Gasteiger partial charge on any atom is 0.371 e. The van der Waals surface area contributed by atoms with Crippen LogP contribution in [0.25, 0.3) is 0 Å². The van der Waals surface area contributed by atoms with Gasteiger partial charge in [-0.2, -0.15) is 5.10 Å². The normalized spacial score (nSPS) is 11.0. The number of nitrogens with zero attached hydrogens (tertiary/aromatic N) is 3. The zero-order chi connectivity index (χ0) is 15.7. The number of aryl methyl sites for hydroxylation is 1. The molecule has 0 atom stereocenters. The lowest BCUT2D eigenvalue weighted by molar-refractivity contribution is -0.388. The second-order valence-corrected chi connectivity index (χ2v) is 5.59. The summed E-state index contributed by atoms with van der Waals surface area (Å²) in [5.41, 5.74) is 0.306. The highest BCUT2D eigenvalue weighted by Gasteiger charge is 2.29. The van der Waals surface area contributed by atoms with Gasteiger partial charge in [-0.1, -0.05) is 13.8 Å². The molecule has 0 fully saturated rings. The first-order chi connectivity index (χ1) is 9.81. The van der Waals surface area contributed by atoms with Crippen LogP contribution in [0.15, 0.2) is 26.7 Å². The fraction of sp³-hybridized carbons (Fsp3) is 0.333. The van der Waals surface area contributed by atoms with Crippen molar-refractivity contribution >= 4 is 23.4 Å². The molecule has 0 saturated carbocycles. The highest BCUT2D eigenvalue weighted by atomic mass is 32.2. The van der Waals surface area contributed by atoms with E-state index in [-0.39, 0.29) is 22.5 Å². The molecule has 0 saturated heterocycles. The predicted molar refractivity (Wildman–Crippen MR) is 73.7 cm³/mol. The van der Waals surface area contributed by atoms with E-state index in [1.165, 1.54) is 16.8 Å². The predicted octanol–water partition coefficient (Wildman–Crippen LogP) is 2.89. The summed E-state index contributed by atoms with van der Waals surface area (Å²) in [5, 5.41) is 24.8. The summed E-state index contributed by atoms with van der Waals surface area (Å²) in [7, 11) is 1.60. The molecule has 112 valence electrons. The molecule has 0 bridgehead atoms. The van der Waals surface area contributed by atoms with E-state index in [0.717, 1.165) is 11.8 Å². The molecule has 2 rings (SSSR count). The number of carboxylic acid groups (broad SMARTS) is 1. The second kappa shape index (κ2) is 5.60. The Hall–Kier alpha value is -2.29. The van der Waals surface area contributed by atoms with Crippen LogP contribution in [-0.2, 0) is 7.05 Å². The molecular weight excluding hydrogens is 298 g/mol. The number of hydrogen-bond acceptors (Lipinski definition) is 6. The fourth-order valence-corrected chi connectivity index (χ4v) is 2.68. The Bertz CT molecular complexity index is 704. The van der Waals surface area contributed by atoms with Crippen molar-refractivity contribution in [2.45, 2.75) is 29.9 Å². The first kappa shape index (κ1) is 15.1.